The molecule has 0 bridgehead atoms. The Kier molecular flexibility index (Phi) is 5.39. The topological polar surface area (TPSA) is 18.5 Å². The van der Waals surface area contributed by atoms with E-state index in [1.54, 1.807) is 0 Å². The minimum absolute atomic E-state index is 0.179. The normalized spacial score (nSPS) is 11.4. The predicted octanol–water partition coefficient (Wildman–Crippen LogP) is 4.36. The van der Waals surface area contributed by atoms with Gasteiger partial charge in [0.25, 0.3) is 0 Å². The Labute approximate surface area is 110 Å². The van der Waals surface area contributed by atoms with Crippen LogP contribution in [0, 0.1) is 0 Å². The summed E-state index contributed by atoms with van der Waals surface area (Å²) in [6.45, 7) is 0.412. The van der Waals surface area contributed by atoms with Crippen LogP contribution in [0.1, 0.15) is 6.42 Å². The van der Waals surface area contributed by atoms with Crippen LogP contribution in [0.2, 0.25) is 0 Å². The lowest BCUT2D eigenvalue weighted by Crippen LogP contribution is -2.17. The highest BCUT2D eigenvalue weighted by Gasteiger charge is 2.31. The highest BCUT2D eigenvalue weighted by molar-refractivity contribution is 9.10. The molecule has 0 fully saturated rings. The van der Waals surface area contributed by atoms with Crippen molar-refractivity contribution in [3.05, 3.63) is 22.7 Å². The molecule has 0 aliphatic heterocycles. The summed E-state index contributed by atoms with van der Waals surface area (Å²) in [6.07, 6.45) is -4.04. The third-order valence-electron chi connectivity index (χ3n) is 1.68. The van der Waals surface area contributed by atoms with E-state index in [-0.39, 0.29) is 10.2 Å². The van der Waals surface area contributed by atoms with Gasteiger partial charge in [-0.25, -0.2) is 0 Å². The molecule has 0 aliphatic carbocycles. The largest absolute Gasteiger partial charge is 0.573 e. The first-order valence-corrected chi connectivity index (χ1v) is 5.99. The van der Waals surface area contributed by atoms with Gasteiger partial charge < -0.3 is 9.47 Å². The van der Waals surface area contributed by atoms with Crippen LogP contribution in [-0.2, 0) is 0 Å². The smallest absolute Gasteiger partial charge is 0.494 e. The third-order valence-corrected chi connectivity index (χ3v) is 2.56. The lowest BCUT2D eigenvalue weighted by atomic mass is 10.3. The molecule has 17 heavy (non-hydrogen) atoms. The summed E-state index contributed by atoms with van der Waals surface area (Å²) in [5, 5.41) is 0. The summed E-state index contributed by atoms with van der Waals surface area (Å²) in [7, 11) is 0. The van der Waals surface area contributed by atoms with Crippen molar-refractivity contribution >= 4 is 27.5 Å². The number of alkyl halides is 4. The molecule has 7 heteroatoms. The molecule has 0 heterocycles. The van der Waals surface area contributed by atoms with Crippen LogP contribution in [0.3, 0.4) is 0 Å². The average Bonchev–Trinajstić information content (AvgIpc) is 2.21. The number of hydrogen-bond acceptors (Lipinski definition) is 2. The van der Waals surface area contributed by atoms with Gasteiger partial charge in [-0.1, -0.05) is 0 Å². The van der Waals surface area contributed by atoms with Crippen LogP contribution in [0.4, 0.5) is 13.2 Å². The summed E-state index contributed by atoms with van der Waals surface area (Å²) < 4.78 is 45.2. The van der Waals surface area contributed by atoms with E-state index in [9.17, 15) is 13.2 Å². The van der Waals surface area contributed by atoms with E-state index in [2.05, 4.69) is 20.7 Å². The Morgan fingerprint density at radius 1 is 1.29 bits per heavy atom. The predicted molar refractivity (Wildman–Crippen MR) is 61.7 cm³/mol. The lowest BCUT2D eigenvalue weighted by Gasteiger charge is -2.12. The Bertz CT molecular complexity index is 371. The SMILES string of the molecule is FC(F)(F)Oc1ccc(OCCCCl)cc1Br. The fraction of sp³-hybridized carbons (Fsp3) is 0.400. The zero-order valence-electron chi connectivity index (χ0n) is 8.56. The van der Waals surface area contributed by atoms with Crippen molar-refractivity contribution < 1.29 is 22.6 Å². The zero-order valence-corrected chi connectivity index (χ0v) is 10.9. The zero-order chi connectivity index (χ0) is 12.9. The first-order chi connectivity index (χ1) is 7.92. The van der Waals surface area contributed by atoms with Gasteiger partial charge in [0.1, 0.15) is 11.5 Å². The van der Waals surface area contributed by atoms with Crippen LogP contribution in [0.25, 0.3) is 0 Å². The molecule has 0 amide bonds. The van der Waals surface area contributed by atoms with Crippen molar-refractivity contribution in [3.8, 4) is 11.5 Å². The molecule has 2 nitrogen and oxygen atoms in total. The lowest BCUT2D eigenvalue weighted by molar-refractivity contribution is -0.274. The summed E-state index contributed by atoms with van der Waals surface area (Å²) >= 11 is 8.44. The monoisotopic (exact) mass is 332 g/mol. The molecule has 0 radical (unpaired) electrons. The third kappa shape index (κ3) is 5.50. The minimum Gasteiger partial charge on any atom is -0.494 e. The maximum absolute atomic E-state index is 12.0. The second-order valence-corrected chi connectivity index (χ2v) is 4.26. The number of ether oxygens (including phenoxy) is 2. The van der Waals surface area contributed by atoms with E-state index in [1.165, 1.54) is 18.2 Å². The highest BCUT2D eigenvalue weighted by Crippen LogP contribution is 2.33. The summed E-state index contributed by atoms with van der Waals surface area (Å²) in [5.41, 5.74) is 0. The van der Waals surface area contributed by atoms with E-state index >= 15 is 0 Å². The van der Waals surface area contributed by atoms with Gasteiger partial charge in [-0.3, -0.25) is 0 Å². The van der Waals surface area contributed by atoms with Gasteiger partial charge in [-0.15, -0.1) is 24.8 Å². The quantitative estimate of drug-likeness (QED) is 0.589. The maximum atomic E-state index is 12.0. The fourth-order valence-corrected chi connectivity index (χ4v) is 1.57. The molecule has 1 aromatic carbocycles. The van der Waals surface area contributed by atoms with E-state index in [1.807, 2.05) is 0 Å². The van der Waals surface area contributed by atoms with Crippen LogP contribution >= 0.6 is 27.5 Å². The van der Waals surface area contributed by atoms with Gasteiger partial charge in [0.15, 0.2) is 0 Å². The van der Waals surface area contributed by atoms with E-state index in [0.29, 0.717) is 24.7 Å². The Hall–Kier alpha value is -0.620. The van der Waals surface area contributed by atoms with Crippen LogP contribution in [0.5, 0.6) is 11.5 Å². The summed E-state index contributed by atoms with van der Waals surface area (Å²) in [5.74, 6) is 0.620. The van der Waals surface area contributed by atoms with Gasteiger partial charge in [-0.05, 0) is 40.5 Å². The molecule has 0 saturated carbocycles. The molecule has 0 unspecified atom stereocenters. The number of halogens is 5. The molecule has 1 aromatic rings. The van der Waals surface area contributed by atoms with Crippen molar-refractivity contribution in [2.75, 3.05) is 12.5 Å². The fourth-order valence-electron chi connectivity index (χ4n) is 1.02. The molecule has 0 N–H and O–H groups in total. The van der Waals surface area contributed by atoms with E-state index in [0.717, 1.165) is 0 Å². The van der Waals surface area contributed by atoms with E-state index in [4.69, 9.17) is 16.3 Å². The summed E-state index contributed by atoms with van der Waals surface area (Å²) in [4.78, 5) is 0. The molecular formula is C10H9BrClF3O2. The second kappa shape index (κ2) is 6.35. The minimum atomic E-state index is -4.70. The molecule has 0 aromatic heterocycles. The molecule has 0 saturated heterocycles. The van der Waals surface area contributed by atoms with Crippen molar-refractivity contribution in [1.82, 2.24) is 0 Å². The number of benzene rings is 1. The Balaban J connectivity index is 2.66. The average molecular weight is 334 g/mol. The van der Waals surface area contributed by atoms with Gasteiger partial charge in [0.2, 0.25) is 0 Å². The van der Waals surface area contributed by atoms with Crippen LogP contribution < -0.4 is 9.47 Å². The van der Waals surface area contributed by atoms with Crippen molar-refractivity contribution in [1.29, 1.82) is 0 Å². The van der Waals surface area contributed by atoms with E-state index < -0.39 is 6.36 Å². The van der Waals surface area contributed by atoms with Crippen molar-refractivity contribution in [3.63, 3.8) is 0 Å². The van der Waals surface area contributed by atoms with Crippen molar-refractivity contribution in [2.45, 2.75) is 12.8 Å². The molecule has 0 spiro atoms. The first-order valence-electron chi connectivity index (χ1n) is 4.66. The highest BCUT2D eigenvalue weighted by atomic mass is 79.9. The Morgan fingerprint density at radius 2 is 2.00 bits per heavy atom. The first kappa shape index (κ1) is 14.4. The molecule has 0 atom stereocenters. The van der Waals surface area contributed by atoms with Gasteiger partial charge in [0.05, 0.1) is 11.1 Å². The number of rotatable bonds is 5. The summed E-state index contributed by atoms with van der Waals surface area (Å²) in [6, 6.07) is 4.00. The van der Waals surface area contributed by atoms with Gasteiger partial charge in [0, 0.05) is 5.88 Å². The standard InChI is InChI=1S/C10H9BrClF3O2/c11-8-6-7(16-5-1-4-12)2-3-9(8)17-10(13,14)15/h2-3,6H,1,4-5H2. The Morgan fingerprint density at radius 3 is 2.53 bits per heavy atom. The number of hydrogen-bond donors (Lipinski definition) is 0. The molecular weight excluding hydrogens is 324 g/mol. The van der Waals surface area contributed by atoms with Gasteiger partial charge in [-0.2, -0.15) is 0 Å². The van der Waals surface area contributed by atoms with Crippen LogP contribution in [-0.4, -0.2) is 18.8 Å². The molecule has 0 aliphatic rings. The van der Waals surface area contributed by atoms with Crippen molar-refractivity contribution in [2.24, 2.45) is 0 Å². The second-order valence-electron chi connectivity index (χ2n) is 3.03. The molecule has 1 rings (SSSR count). The van der Waals surface area contributed by atoms with Crippen LogP contribution in [0.15, 0.2) is 22.7 Å². The maximum Gasteiger partial charge on any atom is 0.573 e. The van der Waals surface area contributed by atoms with Gasteiger partial charge >= 0.3 is 6.36 Å². The molecule has 96 valence electrons.